The van der Waals surface area contributed by atoms with E-state index in [1.54, 1.807) is 0 Å². The Morgan fingerprint density at radius 3 is 2.16 bits per heavy atom. The Bertz CT molecular complexity index is 515. The fourth-order valence-electron chi connectivity index (χ4n) is 1.81. The molecule has 0 amide bonds. The molecule has 2 rings (SSSR count). The first-order valence-electron chi connectivity index (χ1n) is 5.99. The van der Waals surface area contributed by atoms with E-state index >= 15 is 0 Å². The lowest BCUT2D eigenvalue weighted by Gasteiger charge is -2.32. The average molecular weight is 285 g/mol. The first-order chi connectivity index (χ1) is 8.64. The number of carbonyl (C=O) groups excluding carboxylic acids is 1. The molecule has 3 nitrogen and oxygen atoms in total. The first kappa shape index (κ1) is 14.5. The van der Waals surface area contributed by atoms with Gasteiger partial charge in [0.25, 0.3) is 5.24 Å². The summed E-state index contributed by atoms with van der Waals surface area (Å²) in [5.41, 5.74) is -0.698. The minimum absolute atomic E-state index is 0.111. The van der Waals surface area contributed by atoms with E-state index in [0.29, 0.717) is 0 Å². The smallest absolute Gasteiger partial charge is 0.399 e. The molecule has 1 heterocycles. The van der Waals surface area contributed by atoms with E-state index in [2.05, 4.69) is 0 Å². The zero-order valence-corrected chi connectivity index (χ0v) is 12.0. The summed E-state index contributed by atoms with van der Waals surface area (Å²) in [5, 5.41) is -0.695. The lowest BCUT2D eigenvalue weighted by atomic mass is 9.78. The average Bonchev–Trinajstić information content (AvgIpc) is 2.47. The van der Waals surface area contributed by atoms with Crippen molar-refractivity contribution in [2.75, 3.05) is 0 Å². The van der Waals surface area contributed by atoms with E-state index in [0.717, 1.165) is 6.07 Å². The molecular formula is C13H15BClFO3. The number of hydrogen-bond donors (Lipinski definition) is 0. The van der Waals surface area contributed by atoms with Gasteiger partial charge in [-0.25, -0.2) is 4.39 Å². The highest BCUT2D eigenvalue weighted by Crippen LogP contribution is 2.36. The third kappa shape index (κ3) is 2.55. The maximum atomic E-state index is 14.0. The summed E-state index contributed by atoms with van der Waals surface area (Å²) >= 11 is 5.31. The Morgan fingerprint density at radius 2 is 1.74 bits per heavy atom. The summed E-state index contributed by atoms with van der Waals surface area (Å²) < 4.78 is 25.5. The van der Waals surface area contributed by atoms with Crippen molar-refractivity contribution in [3.63, 3.8) is 0 Å². The highest BCUT2D eigenvalue weighted by atomic mass is 35.5. The summed E-state index contributed by atoms with van der Waals surface area (Å²) in [5.74, 6) is -0.565. The van der Waals surface area contributed by atoms with Gasteiger partial charge < -0.3 is 9.31 Å². The first-order valence-corrected chi connectivity index (χ1v) is 6.37. The standard InChI is InChI=1S/C13H15BClFO3/c1-12(2)13(3,4)19-14(18-12)9-6-5-8(11(15)17)7-10(9)16/h5-7H,1-4H3. The number of hydrogen-bond acceptors (Lipinski definition) is 3. The maximum absolute atomic E-state index is 14.0. The second kappa shape index (κ2) is 4.58. The fourth-order valence-corrected chi connectivity index (χ4v) is 1.93. The maximum Gasteiger partial charge on any atom is 0.497 e. The van der Waals surface area contributed by atoms with Gasteiger partial charge >= 0.3 is 7.12 Å². The molecule has 0 N–H and O–H groups in total. The van der Waals surface area contributed by atoms with Gasteiger partial charge in [-0.3, -0.25) is 4.79 Å². The van der Waals surface area contributed by atoms with Gasteiger partial charge in [-0.1, -0.05) is 12.1 Å². The minimum atomic E-state index is -0.788. The fraction of sp³-hybridized carbons (Fsp3) is 0.462. The molecular weight excluding hydrogens is 269 g/mol. The molecule has 6 heteroatoms. The molecule has 1 aliphatic heterocycles. The second-order valence-corrected chi connectivity index (χ2v) is 5.94. The van der Waals surface area contributed by atoms with Crippen LogP contribution in [0.15, 0.2) is 18.2 Å². The molecule has 19 heavy (non-hydrogen) atoms. The SMILES string of the molecule is CC1(C)OB(c2ccc(C(=O)Cl)cc2F)OC1(C)C. The summed E-state index contributed by atoms with van der Waals surface area (Å²) in [4.78, 5) is 11.0. The number of halogens is 2. The predicted octanol–water partition coefficient (Wildman–Crippen LogP) is 2.50. The van der Waals surface area contributed by atoms with E-state index in [-0.39, 0.29) is 11.0 Å². The van der Waals surface area contributed by atoms with Crippen molar-refractivity contribution in [3.05, 3.63) is 29.6 Å². The third-order valence-corrected chi connectivity index (χ3v) is 3.95. The van der Waals surface area contributed by atoms with Crippen molar-refractivity contribution in [2.45, 2.75) is 38.9 Å². The van der Waals surface area contributed by atoms with Gasteiger partial charge in [0.15, 0.2) is 0 Å². The predicted molar refractivity (Wildman–Crippen MR) is 72.3 cm³/mol. The zero-order chi connectivity index (χ0) is 14.4. The van der Waals surface area contributed by atoms with Crippen molar-refractivity contribution >= 4 is 29.4 Å². The van der Waals surface area contributed by atoms with Gasteiger partial charge in [-0.2, -0.15) is 0 Å². The van der Waals surface area contributed by atoms with Crippen LogP contribution in [0.4, 0.5) is 4.39 Å². The van der Waals surface area contributed by atoms with Gasteiger partial charge in [0.2, 0.25) is 0 Å². The van der Waals surface area contributed by atoms with Crippen molar-refractivity contribution in [1.29, 1.82) is 0 Å². The molecule has 0 unspecified atom stereocenters. The third-order valence-electron chi connectivity index (χ3n) is 3.73. The molecule has 0 spiro atoms. The monoisotopic (exact) mass is 284 g/mol. The number of rotatable bonds is 2. The molecule has 0 bridgehead atoms. The molecule has 1 aromatic rings. The molecule has 0 aromatic heterocycles. The Kier molecular flexibility index (Phi) is 3.50. The summed E-state index contributed by atoms with van der Waals surface area (Å²) in [6.07, 6.45) is 0. The van der Waals surface area contributed by atoms with Gasteiger partial charge in [0.1, 0.15) is 5.82 Å². The van der Waals surface area contributed by atoms with Gasteiger partial charge in [-0.15, -0.1) is 0 Å². The van der Waals surface area contributed by atoms with Crippen LogP contribution in [0, 0.1) is 5.82 Å². The lowest BCUT2D eigenvalue weighted by molar-refractivity contribution is 0.00578. The largest absolute Gasteiger partial charge is 0.497 e. The zero-order valence-electron chi connectivity index (χ0n) is 11.3. The lowest BCUT2D eigenvalue weighted by Crippen LogP contribution is -2.41. The van der Waals surface area contributed by atoms with Crippen molar-refractivity contribution < 1.29 is 18.5 Å². The van der Waals surface area contributed by atoms with Crippen LogP contribution in [-0.4, -0.2) is 23.6 Å². The van der Waals surface area contributed by atoms with E-state index in [1.807, 2.05) is 27.7 Å². The van der Waals surface area contributed by atoms with E-state index in [4.69, 9.17) is 20.9 Å². The highest BCUT2D eigenvalue weighted by molar-refractivity contribution is 6.68. The topological polar surface area (TPSA) is 35.5 Å². The van der Waals surface area contributed by atoms with Crippen LogP contribution in [0.3, 0.4) is 0 Å². The van der Waals surface area contributed by atoms with Gasteiger partial charge in [-0.05, 0) is 45.4 Å². The Hall–Kier alpha value is -0.905. The van der Waals surface area contributed by atoms with Crippen LogP contribution in [0.1, 0.15) is 38.1 Å². The van der Waals surface area contributed by atoms with Gasteiger partial charge in [0.05, 0.1) is 11.2 Å². The van der Waals surface area contributed by atoms with Gasteiger partial charge in [0, 0.05) is 11.0 Å². The van der Waals surface area contributed by atoms with Crippen LogP contribution >= 0.6 is 11.6 Å². The number of benzene rings is 1. The summed E-state index contributed by atoms with van der Waals surface area (Å²) in [6.45, 7) is 7.56. The van der Waals surface area contributed by atoms with Crippen LogP contribution in [0.25, 0.3) is 0 Å². The van der Waals surface area contributed by atoms with Crippen LogP contribution in [0.2, 0.25) is 0 Å². The normalized spacial score (nSPS) is 20.6. The molecule has 0 saturated carbocycles. The van der Waals surface area contributed by atoms with Crippen molar-refractivity contribution in [3.8, 4) is 0 Å². The van der Waals surface area contributed by atoms with E-state index < -0.39 is 29.4 Å². The molecule has 1 aliphatic rings. The quantitative estimate of drug-likeness (QED) is 0.618. The highest BCUT2D eigenvalue weighted by Gasteiger charge is 2.52. The number of carbonyl (C=O) groups is 1. The molecule has 0 atom stereocenters. The Morgan fingerprint density at radius 1 is 1.21 bits per heavy atom. The van der Waals surface area contributed by atoms with E-state index in [9.17, 15) is 9.18 Å². The minimum Gasteiger partial charge on any atom is -0.399 e. The van der Waals surface area contributed by atoms with E-state index in [1.165, 1.54) is 12.1 Å². The molecule has 102 valence electrons. The van der Waals surface area contributed by atoms with Crippen LogP contribution in [0.5, 0.6) is 0 Å². The van der Waals surface area contributed by atoms with Crippen LogP contribution < -0.4 is 5.46 Å². The molecule has 1 aromatic carbocycles. The van der Waals surface area contributed by atoms with Crippen LogP contribution in [-0.2, 0) is 9.31 Å². The molecule has 1 saturated heterocycles. The second-order valence-electron chi connectivity index (χ2n) is 5.60. The summed E-state index contributed by atoms with van der Waals surface area (Å²) in [6, 6.07) is 4.02. The molecule has 0 aliphatic carbocycles. The van der Waals surface area contributed by atoms with Crippen molar-refractivity contribution in [1.82, 2.24) is 0 Å². The molecule has 0 radical (unpaired) electrons. The Balaban J connectivity index is 2.33. The summed E-state index contributed by atoms with van der Waals surface area (Å²) in [7, 11) is -0.788. The van der Waals surface area contributed by atoms with Crippen molar-refractivity contribution in [2.24, 2.45) is 0 Å². The Labute approximate surface area is 117 Å². The molecule has 1 fully saturated rings.